The lowest BCUT2D eigenvalue weighted by atomic mass is 10.1. The lowest BCUT2D eigenvalue weighted by Crippen LogP contribution is -2.49. The summed E-state index contributed by atoms with van der Waals surface area (Å²) in [6.45, 7) is 4.18. The molecule has 0 radical (unpaired) electrons. The van der Waals surface area contributed by atoms with E-state index < -0.39 is 6.10 Å². The monoisotopic (exact) mass is 371 g/mol. The van der Waals surface area contributed by atoms with E-state index in [0.29, 0.717) is 22.9 Å². The van der Waals surface area contributed by atoms with Gasteiger partial charge in [0.05, 0.1) is 11.3 Å². The van der Waals surface area contributed by atoms with Gasteiger partial charge in [-0.25, -0.2) is 0 Å². The predicted octanol–water partition coefficient (Wildman–Crippen LogP) is 2.77. The Bertz CT molecular complexity index is 752. The molecule has 0 aromatic heterocycles. The van der Waals surface area contributed by atoms with Gasteiger partial charge in [0.2, 0.25) is 0 Å². The number of hydrogen-bond donors (Lipinski definition) is 1. The molecule has 5 nitrogen and oxygen atoms in total. The Balaban J connectivity index is 1.45. The number of para-hydroxylation sites is 1. The third-order valence-electron chi connectivity index (χ3n) is 4.46. The molecule has 1 heterocycles. The molecule has 1 atom stereocenters. The number of hydrogen-bond acceptors (Lipinski definition) is 5. The van der Waals surface area contributed by atoms with Crippen molar-refractivity contribution < 1.29 is 9.84 Å². The van der Waals surface area contributed by atoms with Gasteiger partial charge in [-0.2, -0.15) is 5.26 Å². The van der Waals surface area contributed by atoms with E-state index in [2.05, 4.69) is 15.9 Å². The summed E-state index contributed by atoms with van der Waals surface area (Å²) in [6.07, 6.45) is -0.552. The number of benzene rings is 2. The summed E-state index contributed by atoms with van der Waals surface area (Å²) in [6, 6.07) is 17.0. The lowest BCUT2D eigenvalue weighted by Gasteiger charge is -2.37. The molecule has 3 rings (SSSR count). The van der Waals surface area contributed by atoms with Crippen molar-refractivity contribution in [3.63, 3.8) is 0 Å². The number of nitriles is 1. The van der Waals surface area contributed by atoms with Crippen LogP contribution in [0, 0.1) is 11.3 Å². The van der Waals surface area contributed by atoms with E-state index in [0.717, 1.165) is 31.9 Å². The van der Waals surface area contributed by atoms with Gasteiger partial charge in [0, 0.05) is 37.7 Å². The standard InChI is InChI=1S/C20H22ClN3O2/c21-17-5-7-19(8-6-17)26-15-18(25)14-23-9-11-24(12-10-23)20-4-2-1-3-16(20)13-22/h1-8,18,25H,9-12,14-15H2/t18-/m0/s1. The molecule has 1 fully saturated rings. The van der Waals surface area contributed by atoms with Gasteiger partial charge in [0.15, 0.2) is 0 Å². The van der Waals surface area contributed by atoms with Gasteiger partial charge in [0.25, 0.3) is 0 Å². The molecule has 6 heteroatoms. The second-order valence-corrected chi connectivity index (χ2v) is 6.77. The summed E-state index contributed by atoms with van der Waals surface area (Å²) in [4.78, 5) is 4.45. The molecule has 2 aromatic rings. The largest absolute Gasteiger partial charge is 0.491 e. The van der Waals surface area contributed by atoms with Crippen molar-refractivity contribution in [3.05, 3.63) is 59.1 Å². The van der Waals surface area contributed by atoms with Crippen LogP contribution < -0.4 is 9.64 Å². The van der Waals surface area contributed by atoms with Gasteiger partial charge in [-0.05, 0) is 36.4 Å². The van der Waals surface area contributed by atoms with Crippen LogP contribution in [0.5, 0.6) is 5.75 Å². The van der Waals surface area contributed by atoms with Crippen molar-refractivity contribution in [2.45, 2.75) is 6.10 Å². The van der Waals surface area contributed by atoms with Crippen molar-refractivity contribution in [2.24, 2.45) is 0 Å². The fourth-order valence-corrected chi connectivity index (χ4v) is 3.22. The molecular formula is C20H22ClN3O2. The first-order chi connectivity index (χ1) is 12.7. The highest BCUT2D eigenvalue weighted by molar-refractivity contribution is 6.30. The average molecular weight is 372 g/mol. The topological polar surface area (TPSA) is 59.7 Å². The Labute approximate surface area is 159 Å². The van der Waals surface area contributed by atoms with Crippen molar-refractivity contribution >= 4 is 17.3 Å². The summed E-state index contributed by atoms with van der Waals surface area (Å²) < 4.78 is 5.60. The number of ether oxygens (including phenoxy) is 1. The minimum Gasteiger partial charge on any atom is -0.491 e. The van der Waals surface area contributed by atoms with Crippen LogP contribution in [0.4, 0.5) is 5.69 Å². The number of aliphatic hydroxyl groups excluding tert-OH is 1. The Morgan fingerprint density at radius 3 is 2.46 bits per heavy atom. The van der Waals surface area contributed by atoms with Crippen LogP contribution in [0.3, 0.4) is 0 Å². The third kappa shape index (κ3) is 4.89. The number of anilines is 1. The van der Waals surface area contributed by atoms with E-state index in [1.165, 1.54) is 0 Å². The van der Waals surface area contributed by atoms with Crippen molar-refractivity contribution in [2.75, 3.05) is 44.2 Å². The number of aliphatic hydroxyl groups is 1. The quantitative estimate of drug-likeness (QED) is 0.846. The molecule has 1 aliphatic heterocycles. The van der Waals surface area contributed by atoms with Gasteiger partial charge in [-0.15, -0.1) is 0 Å². The van der Waals surface area contributed by atoms with Crippen LogP contribution in [0.15, 0.2) is 48.5 Å². The van der Waals surface area contributed by atoms with Crippen LogP contribution in [-0.4, -0.2) is 55.4 Å². The Kier molecular flexibility index (Phi) is 6.35. The zero-order chi connectivity index (χ0) is 18.4. The maximum atomic E-state index is 10.2. The maximum Gasteiger partial charge on any atom is 0.119 e. The molecule has 1 saturated heterocycles. The molecule has 1 N–H and O–H groups in total. The molecule has 0 bridgehead atoms. The Hall–Kier alpha value is -2.26. The molecule has 1 aliphatic rings. The fraction of sp³-hybridized carbons (Fsp3) is 0.350. The normalized spacial score (nSPS) is 16.1. The molecule has 2 aromatic carbocycles. The Morgan fingerprint density at radius 2 is 1.77 bits per heavy atom. The zero-order valence-electron chi connectivity index (χ0n) is 14.5. The molecule has 26 heavy (non-hydrogen) atoms. The number of piperazine rings is 1. The second-order valence-electron chi connectivity index (χ2n) is 6.34. The van der Waals surface area contributed by atoms with E-state index in [4.69, 9.17) is 16.3 Å². The number of rotatable bonds is 6. The predicted molar refractivity (Wildman–Crippen MR) is 103 cm³/mol. The molecule has 0 saturated carbocycles. The summed E-state index contributed by atoms with van der Waals surface area (Å²) in [5.74, 6) is 0.700. The van der Waals surface area contributed by atoms with Crippen molar-refractivity contribution in [1.82, 2.24) is 4.90 Å². The number of nitrogens with zero attached hydrogens (tertiary/aromatic N) is 3. The average Bonchev–Trinajstić information content (AvgIpc) is 2.68. The molecule has 0 aliphatic carbocycles. The molecular weight excluding hydrogens is 350 g/mol. The van der Waals surface area contributed by atoms with E-state index >= 15 is 0 Å². The summed E-state index contributed by atoms with van der Waals surface area (Å²) in [5.41, 5.74) is 1.69. The first kappa shape index (κ1) is 18.5. The highest BCUT2D eigenvalue weighted by Gasteiger charge is 2.21. The molecule has 136 valence electrons. The third-order valence-corrected chi connectivity index (χ3v) is 4.71. The van der Waals surface area contributed by atoms with Crippen molar-refractivity contribution in [3.8, 4) is 11.8 Å². The van der Waals surface area contributed by atoms with Gasteiger partial charge in [-0.1, -0.05) is 23.7 Å². The smallest absolute Gasteiger partial charge is 0.119 e. The highest BCUT2D eigenvalue weighted by Crippen LogP contribution is 2.21. The van der Waals surface area contributed by atoms with Gasteiger partial charge < -0.3 is 14.7 Å². The summed E-state index contributed by atoms with van der Waals surface area (Å²) in [7, 11) is 0. The van der Waals surface area contributed by atoms with Crippen LogP contribution in [0.2, 0.25) is 5.02 Å². The zero-order valence-corrected chi connectivity index (χ0v) is 15.3. The van der Waals surface area contributed by atoms with Crippen LogP contribution in [-0.2, 0) is 0 Å². The van der Waals surface area contributed by atoms with Crippen LogP contribution in [0.1, 0.15) is 5.56 Å². The first-order valence-corrected chi connectivity index (χ1v) is 9.06. The number of β-amino-alcohol motifs (C(OH)–C–C–N with tert-alkyl or cyclic N) is 1. The molecule has 0 spiro atoms. The van der Waals surface area contributed by atoms with Gasteiger partial charge in [-0.3, -0.25) is 4.90 Å². The summed E-state index contributed by atoms with van der Waals surface area (Å²) in [5, 5.41) is 20.1. The minimum absolute atomic E-state index is 0.249. The van der Waals surface area contributed by atoms with Gasteiger partial charge >= 0.3 is 0 Å². The van der Waals surface area contributed by atoms with Gasteiger partial charge in [0.1, 0.15) is 24.5 Å². The van der Waals surface area contributed by atoms with E-state index in [1.807, 2.05) is 24.3 Å². The maximum absolute atomic E-state index is 10.2. The van der Waals surface area contributed by atoms with Crippen LogP contribution >= 0.6 is 11.6 Å². The van der Waals surface area contributed by atoms with Crippen LogP contribution in [0.25, 0.3) is 0 Å². The fourth-order valence-electron chi connectivity index (χ4n) is 3.09. The minimum atomic E-state index is -0.552. The Morgan fingerprint density at radius 1 is 1.08 bits per heavy atom. The molecule has 0 amide bonds. The second kappa shape index (κ2) is 8.91. The first-order valence-electron chi connectivity index (χ1n) is 8.68. The summed E-state index contributed by atoms with van der Waals surface area (Å²) >= 11 is 5.84. The van der Waals surface area contributed by atoms with Crippen molar-refractivity contribution in [1.29, 1.82) is 5.26 Å². The number of halogens is 1. The van der Waals surface area contributed by atoms with E-state index in [-0.39, 0.29) is 6.61 Å². The highest BCUT2D eigenvalue weighted by atomic mass is 35.5. The van der Waals surface area contributed by atoms with E-state index in [1.54, 1.807) is 24.3 Å². The SMILES string of the molecule is N#Cc1ccccc1N1CCN(C[C@H](O)COc2ccc(Cl)cc2)CC1. The van der Waals surface area contributed by atoms with E-state index in [9.17, 15) is 10.4 Å². The molecule has 0 unspecified atom stereocenters. The lowest BCUT2D eigenvalue weighted by molar-refractivity contribution is 0.0663.